The van der Waals surface area contributed by atoms with Crippen LogP contribution in [-0.4, -0.2) is 93.7 Å². The smallest absolute Gasteiger partial charge is 0.390 e. The third-order valence-electron chi connectivity index (χ3n) is 8.65. The first-order valence-corrected chi connectivity index (χ1v) is 21.6. The fourth-order valence-electron chi connectivity index (χ4n) is 5.93. The van der Waals surface area contributed by atoms with E-state index in [1.807, 2.05) is 38.0 Å². The summed E-state index contributed by atoms with van der Waals surface area (Å²) in [5, 5.41) is 15.3. The number of hydrogen-bond donors (Lipinski definition) is 7. The Kier molecular flexibility index (Phi) is 13.6. The van der Waals surface area contributed by atoms with Crippen molar-refractivity contribution >= 4 is 68.4 Å². The van der Waals surface area contributed by atoms with Gasteiger partial charge in [0.25, 0.3) is 0 Å². The molecule has 0 spiro atoms. The predicted octanol–water partition coefficient (Wildman–Crippen LogP) is 1.49. The third-order valence-corrected chi connectivity index (χ3v) is 12.5. The van der Waals surface area contributed by atoms with Crippen molar-refractivity contribution in [3.63, 3.8) is 0 Å². The number of nitrogen functional groups attached to an aromatic ring is 1. The van der Waals surface area contributed by atoms with E-state index in [-0.39, 0.29) is 36.7 Å². The average molecular weight is 855 g/mol. The van der Waals surface area contributed by atoms with Crippen LogP contribution in [0.4, 0.5) is 17.2 Å². The van der Waals surface area contributed by atoms with E-state index < -0.39 is 54.2 Å². The highest BCUT2D eigenvalue weighted by molar-refractivity contribution is 7.66. The SMILES string of the molecule is CN(C)c1ccc2cc3ccc(N(C)C)cc3[n+](CCCC(=O)NCC#Cc3cn([C@H]4C[C@H](O)[C@@H](COP(=O)(O)OP(=O)(O)OP(=O)(O)O)O4)c(=O)nc3N)c2c1. The summed E-state index contributed by atoms with van der Waals surface area (Å²) in [5.41, 5.74) is 9.30. The monoisotopic (exact) mass is 854 g/mol. The summed E-state index contributed by atoms with van der Waals surface area (Å²) in [6, 6.07) is 14.7. The number of benzene rings is 2. The lowest BCUT2D eigenvalue weighted by molar-refractivity contribution is -0.645. The molecule has 5 rings (SSSR count). The number of nitrogens with one attached hydrogen (secondary N) is 1. The number of aliphatic hydroxyl groups is 1. The Morgan fingerprint density at radius 2 is 1.61 bits per heavy atom. The normalized spacial score (nSPS) is 19.1. The molecule has 1 aliphatic rings. The molecule has 0 saturated carbocycles. The number of rotatable bonds is 15. The highest BCUT2D eigenvalue weighted by Crippen LogP contribution is 2.66. The highest BCUT2D eigenvalue weighted by atomic mass is 31.3. The van der Waals surface area contributed by atoms with Gasteiger partial charge in [-0.2, -0.15) is 18.2 Å². The molecule has 57 heavy (non-hydrogen) atoms. The first kappa shape index (κ1) is 43.9. The van der Waals surface area contributed by atoms with E-state index in [1.165, 1.54) is 6.20 Å². The number of amides is 1. The Hall–Kier alpha value is -4.25. The molecular formula is C33H43N7O14P3+. The minimum Gasteiger partial charge on any atom is -0.390 e. The number of aromatic nitrogens is 3. The summed E-state index contributed by atoms with van der Waals surface area (Å²) in [5.74, 6) is 5.07. The number of nitrogens with zero attached hydrogens (tertiary/aromatic N) is 5. The molecule has 8 N–H and O–H groups in total. The van der Waals surface area contributed by atoms with Crippen molar-refractivity contribution in [1.82, 2.24) is 14.9 Å². The Balaban J connectivity index is 1.19. The molecule has 3 heterocycles. The summed E-state index contributed by atoms with van der Waals surface area (Å²) in [7, 11) is -8.91. The van der Waals surface area contributed by atoms with E-state index in [1.54, 1.807) is 0 Å². The average Bonchev–Trinajstić information content (AvgIpc) is 3.47. The maximum absolute atomic E-state index is 12.9. The number of ether oxygens (including phenoxy) is 1. The molecule has 2 aromatic carbocycles. The molecule has 2 aromatic heterocycles. The topological polar surface area (TPSA) is 290 Å². The summed E-state index contributed by atoms with van der Waals surface area (Å²) < 4.78 is 55.1. The summed E-state index contributed by atoms with van der Waals surface area (Å²) >= 11 is 0. The molecule has 1 fully saturated rings. The van der Waals surface area contributed by atoms with Gasteiger partial charge >= 0.3 is 29.2 Å². The second-order valence-corrected chi connectivity index (χ2v) is 17.7. The fraction of sp³-hybridized carbons (Fsp3) is 0.394. The van der Waals surface area contributed by atoms with Crippen molar-refractivity contribution in [3.8, 4) is 11.8 Å². The number of phosphoric acid groups is 3. The van der Waals surface area contributed by atoms with Crippen molar-refractivity contribution in [3.05, 3.63) is 64.7 Å². The van der Waals surface area contributed by atoms with Crippen LogP contribution >= 0.6 is 23.5 Å². The molecule has 2 unspecified atom stereocenters. The molecule has 0 radical (unpaired) electrons. The first-order valence-electron chi connectivity index (χ1n) is 17.1. The van der Waals surface area contributed by atoms with Crippen LogP contribution in [0, 0.1) is 11.8 Å². The van der Waals surface area contributed by atoms with Gasteiger partial charge in [-0.15, -0.1) is 0 Å². The van der Waals surface area contributed by atoms with Crippen LogP contribution in [0.5, 0.6) is 0 Å². The van der Waals surface area contributed by atoms with Crippen molar-refractivity contribution in [2.24, 2.45) is 0 Å². The lowest BCUT2D eigenvalue weighted by Gasteiger charge is -2.19. The summed E-state index contributed by atoms with van der Waals surface area (Å²) in [6.07, 6.45) is -2.27. The number of aliphatic hydroxyl groups excluding tert-OH is 1. The van der Waals surface area contributed by atoms with E-state index in [0.717, 1.165) is 37.7 Å². The molecule has 24 heteroatoms. The number of pyridine rings is 1. The maximum Gasteiger partial charge on any atom is 0.490 e. The van der Waals surface area contributed by atoms with Gasteiger partial charge in [-0.05, 0) is 30.3 Å². The third kappa shape index (κ3) is 11.7. The fourth-order valence-corrected chi connectivity index (χ4v) is 8.96. The zero-order chi connectivity index (χ0) is 41.9. The van der Waals surface area contributed by atoms with Crippen molar-refractivity contribution in [1.29, 1.82) is 0 Å². The molecule has 0 aliphatic carbocycles. The van der Waals surface area contributed by atoms with Crippen LogP contribution in [0.15, 0.2) is 53.5 Å². The zero-order valence-corrected chi connectivity index (χ0v) is 33.8. The number of fused-ring (bicyclic) bond motifs is 2. The highest BCUT2D eigenvalue weighted by Gasteiger charge is 2.43. The number of aryl methyl sites for hydroxylation is 1. The number of carbonyl (C=O) groups excluding carboxylic acids is 1. The molecule has 0 bridgehead atoms. The van der Waals surface area contributed by atoms with Crippen LogP contribution < -0.4 is 31.1 Å². The molecule has 4 aromatic rings. The van der Waals surface area contributed by atoms with Crippen molar-refractivity contribution in [2.75, 3.05) is 56.9 Å². The van der Waals surface area contributed by atoms with Crippen LogP contribution in [0.2, 0.25) is 0 Å². The van der Waals surface area contributed by atoms with Crippen molar-refractivity contribution < 1.29 is 65.6 Å². The van der Waals surface area contributed by atoms with Gasteiger partial charge < -0.3 is 50.3 Å². The minimum absolute atomic E-state index is 0.0541. The molecule has 5 atom stereocenters. The standard InChI is InChI=1S/C33H42N7O14P3/c1-37(2)24-11-9-21-15-22-10-12-25(38(3)4)17-27(22)39(26(21)16-24)14-6-8-30(42)35-13-5-7-23-19-40(33(43)36-32(23)34)31-18-28(41)29(52-31)20-51-56(47,48)54-57(49,50)53-55(44,45)46/h9-12,15-17,19,28-29,31,41H,6,8,13-14,18,20H2,1-4H3,(H6-,34,35,36,42,43,44,45,46,47,48,49,50)/p+1/t28-,29+,31+/m0/s1. The van der Waals surface area contributed by atoms with Gasteiger partial charge in [0.1, 0.15) is 24.7 Å². The zero-order valence-electron chi connectivity index (χ0n) is 31.2. The van der Waals surface area contributed by atoms with Crippen LogP contribution in [-0.2, 0) is 42.9 Å². The van der Waals surface area contributed by atoms with E-state index in [0.29, 0.717) is 13.0 Å². The largest absolute Gasteiger partial charge is 0.490 e. The molecule has 1 aliphatic heterocycles. The Labute approximate surface area is 326 Å². The summed E-state index contributed by atoms with van der Waals surface area (Å²) in [4.78, 5) is 69.7. The van der Waals surface area contributed by atoms with Crippen molar-refractivity contribution in [2.45, 2.75) is 44.2 Å². The number of carbonyl (C=O) groups is 1. The van der Waals surface area contributed by atoms with E-state index in [9.17, 15) is 38.2 Å². The second-order valence-electron chi connectivity index (χ2n) is 13.3. The molecule has 308 valence electrons. The quantitative estimate of drug-likeness (QED) is 0.0386. The van der Waals surface area contributed by atoms with Crippen LogP contribution in [0.3, 0.4) is 0 Å². The minimum atomic E-state index is -5.76. The van der Waals surface area contributed by atoms with Gasteiger partial charge in [-0.25, -0.2) is 18.5 Å². The van der Waals surface area contributed by atoms with Gasteiger partial charge in [-0.1, -0.05) is 11.8 Å². The molecule has 1 amide bonds. The van der Waals surface area contributed by atoms with E-state index in [4.69, 9.17) is 20.3 Å². The first-order chi connectivity index (χ1) is 26.6. The van der Waals surface area contributed by atoms with Gasteiger partial charge in [0.15, 0.2) is 0 Å². The molecule has 21 nitrogen and oxygen atoms in total. The summed E-state index contributed by atoms with van der Waals surface area (Å²) in [6.45, 7) is -0.417. The Morgan fingerprint density at radius 3 is 2.19 bits per heavy atom. The number of phosphoric ester groups is 1. The maximum atomic E-state index is 12.9. The van der Waals surface area contributed by atoms with Gasteiger partial charge in [0.05, 0.1) is 24.8 Å². The number of nitrogens with two attached hydrogens (primary N) is 1. The van der Waals surface area contributed by atoms with Gasteiger partial charge in [0.2, 0.25) is 16.9 Å². The van der Waals surface area contributed by atoms with Gasteiger partial charge in [-0.3, -0.25) is 13.9 Å². The van der Waals surface area contributed by atoms with Gasteiger partial charge in [0, 0.05) is 87.9 Å². The van der Waals surface area contributed by atoms with Crippen LogP contribution in [0.1, 0.15) is 31.1 Å². The number of anilines is 3. The van der Waals surface area contributed by atoms with E-state index in [2.05, 4.69) is 82.3 Å². The van der Waals surface area contributed by atoms with E-state index >= 15 is 0 Å². The Bertz CT molecular complexity index is 2360. The lowest BCUT2D eigenvalue weighted by Crippen LogP contribution is -2.37. The second kappa shape index (κ2) is 17.7. The Morgan fingerprint density at radius 1 is 1.00 bits per heavy atom. The molecular weight excluding hydrogens is 811 g/mol. The predicted molar refractivity (Wildman–Crippen MR) is 207 cm³/mol. The lowest BCUT2D eigenvalue weighted by atomic mass is 10.1. The number of hydrogen-bond acceptors (Lipinski definition) is 14. The molecule has 1 saturated heterocycles. The van der Waals surface area contributed by atoms with Crippen LogP contribution in [0.25, 0.3) is 21.8 Å².